The van der Waals surface area contributed by atoms with Crippen LogP contribution in [0.1, 0.15) is 35.2 Å². The van der Waals surface area contributed by atoms with Crippen LogP contribution in [0.25, 0.3) is 11.4 Å². The van der Waals surface area contributed by atoms with Gasteiger partial charge in [0.05, 0.1) is 6.54 Å². The Morgan fingerprint density at radius 2 is 1.71 bits per heavy atom. The molecule has 8 nitrogen and oxygen atoms in total. The third kappa shape index (κ3) is 5.02. The average Bonchev–Trinajstić information content (AvgIpc) is 3.41. The van der Waals surface area contributed by atoms with E-state index in [1.165, 1.54) is 5.56 Å². The van der Waals surface area contributed by atoms with Gasteiger partial charge in [-0.2, -0.15) is 4.98 Å². The molecule has 3 aromatic rings. The number of rotatable bonds is 6. The molecular weight excluding hydrogens is 430 g/mol. The molecular formula is C26H29N5O3. The third-order valence-corrected chi connectivity index (χ3v) is 6.64. The zero-order chi connectivity index (χ0) is 23.7. The molecule has 2 aromatic carbocycles. The number of carbonyl (C=O) groups excluding carboxylic acids is 2. The van der Waals surface area contributed by atoms with E-state index in [1.807, 2.05) is 36.1 Å². The molecule has 34 heavy (non-hydrogen) atoms. The lowest BCUT2D eigenvalue weighted by molar-refractivity contribution is -0.117. The first kappa shape index (κ1) is 22.3. The molecule has 2 aliphatic rings. The van der Waals surface area contributed by atoms with Crippen molar-refractivity contribution in [2.75, 3.05) is 31.5 Å². The summed E-state index contributed by atoms with van der Waals surface area (Å²) in [6.45, 7) is 7.43. The molecule has 176 valence electrons. The van der Waals surface area contributed by atoms with E-state index in [1.54, 1.807) is 24.3 Å². The van der Waals surface area contributed by atoms with Crippen LogP contribution in [0, 0.1) is 18.8 Å². The number of aryl methyl sites for hydroxylation is 1. The van der Waals surface area contributed by atoms with Crippen LogP contribution in [0.2, 0.25) is 0 Å². The third-order valence-electron chi connectivity index (χ3n) is 6.64. The van der Waals surface area contributed by atoms with Crippen molar-refractivity contribution in [1.29, 1.82) is 0 Å². The lowest BCUT2D eigenvalue weighted by atomic mass is 10.1. The molecule has 2 amide bonds. The van der Waals surface area contributed by atoms with Crippen molar-refractivity contribution in [2.24, 2.45) is 11.8 Å². The van der Waals surface area contributed by atoms with E-state index in [4.69, 9.17) is 4.52 Å². The Kier molecular flexibility index (Phi) is 6.15. The molecule has 1 aromatic heterocycles. The maximum absolute atomic E-state index is 12.9. The standard InChI is InChI=1S/C26H29N5O3/c1-17-3-5-19(6-4-17)24-28-23(34-29-24)16-30-11-13-31(14-12-30)26(33)20-7-9-21(10-8-20)27-25(32)22-15-18(22)2/h3-10,18,22H,11-16H2,1-2H3,(H,27,32). The number of piperazine rings is 1. The molecule has 0 radical (unpaired) electrons. The van der Waals surface area contributed by atoms with Crippen molar-refractivity contribution in [1.82, 2.24) is 19.9 Å². The van der Waals surface area contributed by atoms with Gasteiger partial charge >= 0.3 is 0 Å². The second kappa shape index (κ2) is 9.38. The van der Waals surface area contributed by atoms with Gasteiger partial charge in [0.25, 0.3) is 5.91 Å². The SMILES string of the molecule is Cc1ccc(-c2noc(CN3CCN(C(=O)c4ccc(NC(=O)C5CC5C)cc4)CC3)n2)cc1. The highest BCUT2D eigenvalue weighted by Gasteiger charge is 2.39. The molecule has 1 N–H and O–H groups in total. The van der Waals surface area contributed by atoms with E-state index in [0.29, 0.717) is 42.8 Å². The number of nitrogens with zero attached hydrogens (tertiary/aromatic N) is 4. The van der Waals surface area contributed by atoms with Gasteiger partial charge in [0.2, 0.25) is 17.6 Å². The summed E-state index contributed by atoms with van der Waals surface area (Å²) in [7, 11) is 0. The highest BCUT2D eigenvalue weighted by molar-refractivity contribution is 5.97. The highest BCUT2D eigenvalue weighted by atomic mass is 16.5. The number of hydrogen-bond donors (Lipinski definition) is 1. The van der Waals surface area contributed by atoms with Crippen LogP contribution >= 0.6 is 0 Å². The van der Waals surface area contributed by atoms with Gasteiger partial charge in [-0.15, -0.1) is 0 Å². The second-order valence-electron chi connectivity index (χ2n) is 9.33. The average molecular weight is 460 g/mol. The van der Waals surface area contributed by atoms with Gasteiger partial charge in [0.15, 0.2) is 0 Å². The Morgan fingerprint density at radius 3 is 2.35 bits per heavy atom. The summed E-state index contributed by atoms with van der Waals surface area (Å²) in [5.41, 5.74) is 3.48. The zero-order valence-corrected chi connectivity index (χ0v) is 19.5. The number of amides is 2. The fraction of sp³-hybridized carbons (Fsp3) is 0.385. The zero-order valence-electron chi connectivity index (χ0n) is 19.5. The number of aromatic nitrogens is 2. The van der Waals surface area contributed by atoms with Gasteiger partial charge < -0.3 is 14.7 Å². The van der Waals surface area contributed by atoms with Crippen LogP contribution in [-0.2, 0) is 11.3 Å². The summed E-state index contributed by atoms with van der Waals surface area (Å²) in [5, 5.41) is 7.04. The predicted molar refractivity (Wildman–Crippen MR) is 128 cm³/mol. The quantitative estimate of drug-likeness (QED) is 0.606. The maximum atomic E-state index is 12.9. The predicted octanol–water partition coefficient (Wildman–Crippen LogP) is 3.60. The largest absolute Gasteiger partial charge is 0.338 e. The summed E-state index contributed by atoms with van der Waals surface area (Å²) >= 11 is 0. The smallest absolute Gasteiger partial charge is 0.253 e. The summed E-state index contributed by atoms with van der Waals surface area (Å²) in [4.78, 5) is 33.6. The summed E-state index contributed by atoms with van der Waals surface area (Å²) in [5.74, 6) is 1.83. The first-order chi connectivity index (χ1) is 16.5. The van der Waals surface area contributed by atoms with Crippen molar-refractivity contribution < 1.29 is 14.1 Å². The maximum Gasteiger partial charge on any atom is 0.253 e. The van der Waals surface area contributed by atoms with Crippen LogP contribution in [0.3, 0.4) is 0 Å². The van der Waals surface area contributed by atoms with Crippen molar-refractivity contribution in [3.63, 3.8) is 0 Å². The molecule has 1 aliphatic heterocycles. The summed E-state index contributed by atoms with van der Waals surface area (Å²) in [6, 6.07) is 15.2. The van der Waals surface area contributed by atoms with E-state index in [9.17, 15) is 9.59 Å². The Balaban J connectivity index is 1.11. The van der Waals surface area contributed by atoms with Crippen molar-refractivity contribution in [3.8, 4) is 11.4 Å². The lowest BCUT2D eigenvalue weighted by Gasteiger charge is -2.34. The molecule has 5 rings (SSSR count). The van der Waals surface area contributed by atoms with E-state index < -0.39 is 0 Å². The highest BCUT2D eigenvalue weighted by Crippen LogP contribution is 2.38. The molecule has 2 heterocycles. The van der Waals surface area contributed by atoms with E-state index in [2.05, 4.69) is 27.3 Å². The van der Waals surface area contributed by atoms with Gasteiger partial charge in [-0.05, 0) is 43.5 Å². The van der Waals surface area contributed by atoms with Crippen LogP contribution in [0.15, 0.2) is 53.1 Å². The minimum Gasteiger partial charge on any atom is -0.338 e. The minimum atomic E-state index is 0.00721. The summed E-state index contributed by atoms with van der Waals surface area (Å²) in [6.07, 6.45) is 0.953. The molecule has 2 fully saturated rings. The van der Waals surface area contributed by atoms with E-state index in [0.717, 1.165) is 30.8 Å². The fourth-order valence-corrected chi connectivity index (χ4v) is 4.24. The first-order valence-electron chi connectivity index (χ1n) is 11.8. The van der Waals surface area contributed by atoms with Gasteiger partial charge in [-0.1, -0.05) is 41.9 Å². The molecule has 0 spiro atoms. The van der Waals surface area contributed by atoms with Crippen LogP contribution in [0.5, 0.6) is 0 Å². The molecule has 1 aliphatic carbocycles. The van der Waals surface area contributed by atoms with Gasteiger partial charge in [0, 0.05) is 48.9 Å². The Labute approximate surface area is 198 Å². The molecule has 2 unspecified atom stereocenters. The monoisotopic (exact) mass is 459 g/mol. The van der Waals surface area contributed by atoms with Crippen LogP contribution in [0.4, 0.5) is 5.69 Å². The molecule has 8 heteroatoms. The normalized spacial score (nSPS) is 20.2. The molecule has 0 bridgehead atoms. The van der Waals surface area contributed by atoms with E-state index in [-0.39, 0.29) is 17.7 Å². The summed E-state index contributed by atoms with van der Waals surface area (Å²) < 4.78 is 5.45. The van der Waals surface area contributed by atoms with Gasteiger partial charge in [-0.25, -0.2) is 0 Å². The van der Waals surface area contributed by atoms with Gasteiger partial charge in [0.1, 0.15) is 0 Å². The number of benzene rings is 2. The minimum absolute atomic E-state index is 0.00721. The van der Waals surface area contributed by atoms with Crippen LogP contribution < -0.4 is 5.32 Å². The Morgan fingerprint density at radius 1 is 1.03 bits per heavy atom. The topological polar surface area (TPSA) is 91.6 Å². The Hall–Kier alpha value is -3.52. The van der Waals surface area contributed by atoms with E-state index >= 15 is 0 Å². The van der Waals surface area contributed by atoms with Crippen molar-refractivity contribution >= 4 is 17.5 Å². The van der Waals surface area contributed by atoms with Crippen molar-refractivity contribution in [2.45, 2.75) is 26.8 Å². The number of anilines is 1. The number of hydrogen-bond acceptors (Lipinski definition) is 6. The molecule has 2 atom stereocenters. The van der Waals surface area contributed by atoms with Gasteiger partial charge in [-0.3, -0.25) is 14.5 Å². The first-order valence-corrected chi connectivity index (χ1v) is 11.8. The molecule has 1 saturated heterocycles. The van der Waals surface area contributed by atoms with Crippen molar-refractivity contribution in [3.05, 3.63) is 65.5 Å². The lowest BCUT2D eigenvalue weighted by Crippen LogP contribution is -2.48. The molecule has 1 saturated carbocycles. The number of carbonyl (C=O) groups is 2. The fourth-order valence-electron chi connectivity index (χ4n) is 4.24. The van der Waals surface area contributed by atoms with Crippen LogP contribution in [-0.4, -0.2) is 57.9 Å². The Bertz CT molecular complexity index is 1160. The second-order valence-corrected chi connectivity index (χ2v) is 9.33. The number of nitrogens with one attached hydrogen (secondary N) is 1.